The van der Waals surface area contributed by atoms with Gasteiger partial charge in [0.2, 0.25) is 6.10 Å². The van der Waals surface area contributed by atoms with E-state index >= 15 is 0 Å². The van der Waals surface area contributed by atoms with Crippen LogP contribution in [-0.4, -0.2) is 47.8 Å². The van der Waals surface area contributed by atoms with Gasteiger partial charge in [-0.25, -0.2) is 21.6 Å². The normalized spacial score (nSPS) is 16.5. The minimum absolute atomic E-state index is 0.0278. The SMILES string of the molecule is CCOC(=O)[C@H]1CN(S(=O)(=O)c2ccc(Cl)cc2)c2cc(S(=O)(=O)CC)ccc2O1. The van der Waals surface area contributed by atoms with E-state index < -0.39 is 31.9 Å². The van der Waals surface area contributed by atoms with Gasteiger partial charge in [-0.1, -0.05) is 18.5 Å². The van der Waals surface area contributed by atoms with Crippen LogP contribution in [-0.2, 0) is 29.4 Å². The molecule has 0 N–H and O–H groups in total. The van der Waals surface area contributed by atoms with Crippen molar-refractivity contribution in [3.8, 4) is 5.75 Å². The number of esters is 1. The van der Waals surface area contributed by atoms with E-state index in [-0.39, 0.29) is 40.1 Å². The molecule has 0 saturated carbocycles. The molecular weight excluding hydrogens is 454 g/mol. The highest BCUT2D eigenvalue weighted by molar-refractivity contribution is 7.93. The molecule has 1 heterocycles. The summed E-state index contributed by atoms with van der Waals surface area (Å²) in [5.74, 6) is -0.807. The Balaban J connectivity index is 2.15. The van der Waals surface area contributed by atoms with E-state index in [0.717, 1.165) is 4.31 Å². The third kappa shape index (κ3) is 4.26. The number of sulfonamides is 1. The molecule has 8 nitrogen and oxygen atoms in total. The summed E-state index contributed by atoms with van der Waals surface area (Å²) >= 11 is 5.86. The fourth-order valence-corrected chi connectivity index (χ4v) is 5.40. The summed E-state index contributed by atoms with van der Waals surface area (Å²) in [7, 11) is -7.75. The molecule has 0 aliphatic carbocycles. The molecule has 30 heavy (non-hydrogen) atoms. The van der Waals surface area contributed by atoms with Crippen molar-refractivity contribution < 1.29 is 31.1 Å². The van der Waals surface area contributed by atoms with E-state index in [4.69, 9.17) is 21.1 Å². The lowest BCUT2D eigenvalue weighted by atomic mass is 10.2. The summed E-state index contributed by atoms with van der Waals surface area (Å²) in [5.41, 5.74) is 0.0278. The van der Waals surface area contributed by atoms with E-state index in [9.17, 15) is 21.6 Å². The van der Waals surface area contributed by atoms with Crippen molar-refractivity contribution in [1.29, 1.82) is 0 Å². The van der Waals surface area contributed by atoms with Crippen LogP contribution in [0.2, 0.25) is 5.02 Å². The van der Waals surface area contributed by atoms with E-state index in [1.54, 1.807) is 6.92 Å². The van der Waals surface area contributed by atoms with Gasteiger partial charge in [0.15, 0.2) is 9.84 Å². The molecule has 0 bridgehead atoms. The van der Waals surface area contributed by atoms with E-state index in [1.165, 1.54) is 49.4 Å². The molecule has 3 rings (SSSR count). The maximum Gasteiger partial charge on any atom is 0.349 e. The first-order valence-corrected chi connectivity index (χ1v) is 12.6. The van der Waals surface area contributed by atoms with Gasteiger partial charge in [0, 0.05) is 5.02 Å². The lowest BCUT2D eigenvalue weighted by Gasteiger charge is -2.34. The van der Waals surface area contributed by atoms with Crippen LogP contribution in [0.4, 0.5) is 5.69 Å². The molecule has 11 heteroatoms. The molecule has 0 radical (unpaired) electrons. The van der Waals surface area contributed by atoms with E-state index in [1.807, 2.05) is 0 Å². The number of fused-ring (bicyclic) bond motifs is 1. The molecule has 0 spiro atoms. The second kappa shape index (κ2) is 8.44. The minimum atomic E-state index is -4.15. The number of ether oxygens (including phenoxy) is 2. The van der Waals surface area contributed by atoms with E-state index in [0.29, 0.717) is 5.02 Å². The Hall–Kier alpha value is -2.30. The number of carbonyl (C=O) groups excluding carboxylic acids is 1. The number of nitrogens with zero attached hydrogens (tertiary/aromatic N) is 1. The van der Waals surface area contributed by atoms with Crippen molar-refractivity contribution in [3.63, 3.8) is 0 Å². The molecule has 2 aromatic carbocycles. The smallest absolute Gasteiger partial charge is 0.349 e. The van der Waals surface area contributed by atoms with E-state index in [2.05, 4.69) is 0 Å². The van der Waals surface area contributed by atoms with Crippen molar-refractivity contribution in [3.05, 3.63) is 47.5 Å². The fraction of sp³-hybridized carbons (Fsp3) is 0.316. The maximum atomic E-state index is 13.3. The Kier molecular flexibility index (Phi) is 6.30. The molecule has 0 amide bonds. The van der Waals surface area contributed by atoms with Gasteiger partial charge in [0.1, 0.15) is 5.75 Å². The first kappa shape index (κ1) is 22.4. The topological polar surface area (TPSA) is 107 Å². The molecule has 1 aliphatic heterocycles. The van der Waals surface area contributed by atoms with Gasteiger partial charge in [0.25, 0.3) is 10.0 Å². The highest BCUT2D eigenvalue weighted by Gasteiger charge is 2.39. The zero-order valence-electron chi connectivity index (χ0n) is 16.2. The Morgan fingerprint density at radius 2 is 1.73 bits per heavy atom. The van der Waals surface area contributed by atoms with Crippen LogP contribution in [0, 0.1) is 0 Å². The molecule has 1 aliphatic rings. The van der Waals surface area contributed by atoms with Crippen molar-refractivity contribution in [2.75, 3.05) is 23.2 Å². The monoisotopic (exact) mass is 473 g/mol. The quantitative estimate of drug-likeness (QED) is 0.593. The molecule has 0 saturated heterocycles. The zero-order chi connectivity index (χ0) is 22.1. The molecule has 162 valence electrons. The van der Waals surface area contributed by atoms with Crippen molar-refractivity contribution >= 4 is 43.1 Å². The summed E-state index contributed by atoms with van der Waals surface area (Å²) in [4.78, 5) is 12.1. The summed E-state index contributed by atoms with van der Waals surface area (Å²) in [5, 5.41) is 0.358. The molecule has 0 aromatic heterocycles. The Morgan fingerprint density at radius 3 is 2.33 bits per heavy atom. The van der Waals surface area contributed by atoms with Gasteiger partial charge in [-0.15, -0.1) is 0 Å². The lowest BCUT2D eigenvalue weighted by molar-refractivity contribution is -0.151. The second-order valence-electron chi connectivity index (χ2n) is 6.38. The summed E-state index contributed by atoms with van der Waals surface area (Å²) in [6.45, 7) is 2.85. The van der Waals surface area contributed by atoms with Crippen LogP contribution in [0.3, 0.4) is 0 Å². The van der Waals surface area contributed by atoms with Gasteiger partial charge >= 0.3 is 5.97 Å². The number of carbonyl (C=O) groups is 1. The molecule has 0 fully saturated rings. The van der Waals surface area contributed by atoms with Crippen molar-refractivity contribution in [2.24, 2.45) is 0 Å². The van der Waals surface area contributed by atoms with Gasteiger partial charge < -0.3 is 9.47 Å². The average molecular weight is 474 g/mol. The number of benzene rings is 2. The number of rotatable bonds is 6. The predicted octanol–water partition coefficient (Wildman–Crippen LogP) is 2.65. The summed E-state index contributed by atoms with van der Waals surface area (Å²) < 4.78 is 62.9. The highest BCUT2D eigenvalue weighted by atomic mass is 35.5. The summed E-state index contributed by atoms with van der Waals surface area (Å²) in [6, 6.07) is 9.42. The number of halogens is 1. The molecular formula is C19H20ClNO7S2. The van der Waals surface area contributed by atoms with Gasteiger partial charge in [-0.05, 0) is 49.4 Å². The fourth-order valence-electron chi connectivity index (χ4n) is 2.91. The largest absolute Gasteiger partial charge is 0.475 e. The van der Waals surface area contributed by atoms with Crippen LogP contribution >= 0.6 is 11.6 Å². The van der Waals surface area contributed by atoms with Crippen LogP contribution in [0.5, 0.6) is 5.75 Å². The average Bonchev–Trinajstić information content (AvgIpc) is 2.72. The van der Waals surface area contributed by atoms with Crippen LogP contribution < -0.4 is 9.04 Å². The van der Waals surface area contributed by atoms with Crippen LogP contribution in [0.25, 0.3) is 0 Å². The summed E-state index contributed by atoms with van der Waals surface area (Å²) in [6.07, 6.45) is -1.20. The number of anilines is 1. The van der Waals surface area contributed by atoms with Crippen molar-refractivity contribution in [2.45, 2.75) is 29.7 Å². The first-order chi connectivity index (χ1) is 14.1. The Morgan fingerprint density at radius 1 is 1.10 bits per heavy atom. The van der Waals surface area contributed by atoms with Gasteiger partial charge in [0.05, 0.1) is 34.4 Å². The zero-order valence-corrected chi connectivity index (χ0v) is 18.6. The molecule has 2 aromatic rings. The first-order valence-electron chi connectivity index (χ1n) is 9.08. The van der Waals surface area contributed by atoms with Gasteiger partial charge in [-0.2, -0.15) is 0 Å². The highest BCUT2D eigenvalue weighted by Crippen LogP contribution is 2.39. The number of hydrogen-bond acceptors (Lipinski definition) is 7. The Bertz CT molecular complexity index is 1160. The Labute approximate surface area is 180 Å². The third-order valence-corrected chi connectivity index (χ3v) is 8.27. The lowest BCUT2D eigenvalue weighted by Crippen LogP contribution is -2.47. The third-order valence-electron chi connectivity index (χ3n) is 4.49. The van der Waals surface area contributed by atoms with Gasteiger partial charge in [-0.3, -0.25) is 4.31 Å². The number of sulfone groups is 1. The van der Waals surface area contributed by atoms with Crippen molar-refractivity contribution in [1.82, 2.24) is 0 Å². The minimum Gasteiger partial charge on any atom is -0.475 e. The van der Waals surface area contributed by atoms with Crippen LogP contribution in [0.15, 0.2) is 52.3 Å². The second-order valence-corrected chi connectivity index (χ2v) is 11.0. The predicted molar refractivity (Wildman–Crippen MR) is 111 cm³/mol. The standard InChI is InChI=1S/C19H20ClNO7S2/c1-3-27-19(22)18-12-21(30(25,26)14-7-5-13(20)6-8-14)16-11-15(29(23,24)4-2)9-10-17(16)28-18/h5-11,18H,3-4,12H2,1-2H3/t18-/m1/s1. The molecule has 1 atom stereocenters. The van der Waals surface area contributed by atoms with Crippen LogP contribution in [0.1, 0.15) is 13.8 Å². The number of hydrogen-bond donors (Lipinski definition) is 0. The molecule has 0 unspecified atom stereocenters. The maximum absolute atomic E-state index is 13.3.